The number of aromatic nitrogens is 2. The maximum Gasteiger partial charge on any atom is 0.257 e. The Balaban J connectivity index is 1.48. The van der Waals surface area contributed by atoms with Gasteiger partial charge in [0, 0.05) is 32.4 Å². The average Bonchev–Trinajstić information content (AvgIpc) is 3.38. The summed E-state index contributed by atoms with van der Waals surface area (Å²) in [5.74, 6) is 0.281. The van der Waals surface area contributed by atoms with E-state index in [4.69, 9.17) is 4.74 Å². The summed E-state index contributed by atoms with van der Waals surface area (Å²) in [5, 5.41) is 4.20. The molecule has 1 fully saturated rings. The standard InChI is InChI=1S/C22H22N4O4S/c1-24-12-16(11-23-24)15-8-9-18-20(10-15)30-21-14-26(13-19(21)25(2)22(18)27)31(28,29)17-6-4-3-5-7-17/h3-12,19,21H,13-14H2,1-2H3. The summed E-state index contributed by atoms with van der Waals surface area (Å²) in [6.07, 6.45) is 3.18. The van der Waals surface area contributed by atoms with Crippen LogP contribution in [0.3, 0.4) is 0 Å². The Labute approximate surface area is 180 Å². The smallest absolute Gasteiger partial charge is 0.257 e. The molecule has 0 spiro atoms. The molecular weight excluding hydrogens is 416 g/mol. The van der Waals surface area contributed by atoms with Gasteiger partial charge in [-0.1, -0.05) is 24.3 Å². The molecule has 1 amide bonds. The van der Waals surface area contributed by atoms with Crippen LogP contribution >= 0.6 is 0 Å². The van der Waals surface area contributed by atoms with Gasteiger partial charge in [0.1, 0.15) is 11.9 Å². The largest absolute Gasteiger partial charge is 0.486 e. The lowest BCUT2D eigenvalue weighted by Gasteiger charge is -2.25. The number of sulfonamides is 1. The Morgan fingerprint density at radius 2 is 1.81 bits per heavy atom. The van der Waals surface area contributed by atoms with Crippen LogP contribution in [0.5, 0.6) is 5.75 Å². The van der Waals surface area contributed by atoms with E-state index >= 15 is 0 Å². The number of likely N-dealkylation sites (N-methyl/N-ethyl adjacent to an activating group) is 1. The number of rotatable bonds is 3. The number of fused-ring (bicyclic) bond motifs is 2. The van der Waals surface area contributed by atoms with Gasteiger partial charge in [0.05, 0.1) is 29.2 Å². The highest BCUT2D eigenvalue weighted by atomic mass is 32.2. The van der Waals surface area contributed by atoms with Crippen LogP contribution in [0.4, 0.5) is 0 Å². The Morgan fingerprint density at radius 1 is 1.03 bits per heavy atom. The zero-order valence-electron chi connectivity index (χ0n) is 17.2. The van der Waals surface area contributed by atoms with Crippen LogP contribution in [0.25, 0.3) is 11.1 Å². The van der Waals surface area contributed by atoms with E-state index in [1.54, 1.807) is 59.2 Å². The molecule has 0 radical (unpaired) electrons. The average molecular weight is 439 g/mol. The quantitative estimate of drug-likeness (QED) is 0.625. The number of amides is 1. The maximum atomic E-state index is 13.1. The third-order valence-electron chi connectivity index (χ3n) is 5.93. The van der Waals surface area contributed by atoms with E-state index in [9.17, 15) is 13.2 Å². The number of ether oxygens (including phenoxy) is 1. The van der Waals surface area contributed by atoms with Crippen molar-refractivity contribution in [1.82, 2.24) is 19.0 Å². The lowest BCUT2D eigenvalue weighted by molar-refractivity contribution is 0.0683. The highest BCUT2D eigenvalue weighted by Gasteiger charge is 2.46. The van der Waals surface area contributed by atoms with Crippen LogP contribution < -0.4 is 4.74 Å². The zero-order valence-corrected chi connectivity index (χ0v) is 18.0. The first-order chi connectivity index (χ1) is 14.8. The number of hydrogen-bond donors (Lipinski definition) is 0. The van der Waals surface area contributed by atoms with Gasteiger partial charge in [-0.15, -0.1) is 0 Å². The Morgan fingerprint density at radius 3 is 2.52 bits per heavy atom. The van der Waals surface area contributed by atoms with E-state index in [2.05, 4.69) is 5.10 Å². The fourth-order valence-electron chi connectivity index (χ4n) is 4.20. The summed E-state index contributed by atoms with van der Waals surface area (Å²) in [4.78, 5) is 15.0. The van der Waals surface area contributed by atoms with Gasteiger partial charge in [-0.3, -0.25) is 9.48 Å². The number of hydrogen-bond acceptors (Lipinski definition) is 5. The normalized spacial score (nSPS) is 21.4. The molecule has 0 N–H and O–H groups in total. The molecule has 0 bridgehead atoms. The highest BCUT2D eigenvalue weighted by Crippen LogP contribution is 2.35. The second kappa shape index (κ2) is 7.21. The molecule has 1 saturated heterocycles. The van der Waals surface area contributed by atoms with Crippen molar-refractivity contribution in [2.75, 3.05) is 20.1 Å². The second-order valence-corrected chi connectivity index (χ2v) is 9.83. The Hall–Kier alpha value is -3.17. The van der Waals surface area contributed by atoms with E-state index < -0.39 is 16.1 Å². The predicted molar refractivity (Wildman–Crippen MR) is 114 cm³/mol. The molecule has 8 nitrogen and oxygen atoms in total. The summed E-state index contributed by atoms with van der Waals surface area (Å²) in [6.45, 7) is 0.365. The summed E-state index contributed by atoms with van der Waals surface area (Å²) in [6, 6.07) is 13.4. The first-order valence-corrected chi connectivity index (χ1v) is 11.4. The number of carbonyl (C=O) groups is 1. The van der Waals surface area contributed by atoms with E-state index in [1.807, 2.05) is 25.4 Å². The maximum absolute atomic E-state index is 13.1. The van der Waals surface area contributed by atoms with Crippen LogP contribution in [-0.4, -0.2) is 65.6 Å². The summed E-state index contributed by atoms with van der Waals surface area (Å²) < 4.78 is 35.6. The van der Waals surface area contributed by atoms with E-state index in [0.717, 1.165) is 11.1 Å². The fourth-order valence-corrected chi connectivity index (χ4v) is 5.69. The summed E-state index contributed by atoms with van der Waals surface area (Å²) in [5.41, 5.74) is 2.27. The lowest BCUT2D eigenvalue weighted by atomic mass is 10.1. The van der Waals surface area contributed by atoms with Gasteiger partial charge < -0.3 is 9.64 Å². The Kier molecular flexibility index (Phi) is 4.60. The molecule has 1 aromatic heterocycles. The summed E-state index contributed by atoms with van der Waals surface area (Å²) in [7, 11) is -0.131. The molecule has 31 heavy (non-hydrogen) atoms. The molecule has 160 valence electrons. The monoisotopic (exact) mass is 438 g/mol. The third-order valence-corrected chi connectivity index (χ3v) is 7.78. The van der Waals surface area contributed by atoms with E-state index in [-0.39, 0.29) is 29.9 Å². The number of nitrogens with zero attached hydrogens (tertiary/aromatic N) is 4. The molecule has 2 atom stereocenters. The second-order valence-electron chi connectivity index (χ2n) is 7.89. The van der Waals surface area contributed by atoms with Crippen LogP contribution in [0, 0.1) is 0 Å². The van der Waals surface area contributed by atoms with E-state index in [1.165, 1.54) is 4.31 Å². The molecule has 2 aliphatic heterocycles. The van der Waals surface area contributed by atoms with Crippen molar-refractivity contribution in [3.63, 3.8) is 0 Å². The Bertz CT molecular complexity index is 1260. The minimum atomic E-state index is -3.67. The number of carbonyl (C=O) groups excluding carboxylic acids is 1. The van der Waals surface area contributed by atoms with Gasteiger partial charge in [0.25, 0.3) is 5.91 Å². The predicted octanol–water partition coefficient (Wildman–Crippen LogP) is 1.99. The van der Waals surface area contributed by atoms with Gasteiger partial charge >= 0.3 is 0 Å². The molecule has 2 unspecified atom stereocenters. The van der Waals surface area contributed by atoms with Gasteiger partial charge in [-0.05, 0) is 29.8 Å². The molecule has 3 aromatic rings. The molecule has 3 heterocycles. The highest BCUT2D eigenvalue weighted by molar-refractivity contribution is 7.89. The van der Waals surface area contributed by atoms with Crippen molar-refractivity contribution in [3.05, 3.63) is 66.5 Å². The summed E-state index contributed by atoms with van der Waals surface area (Å²) >= 11 is 0. The van der Waals surface area contributed by atoms with Gasteiger partial charge in [-0.25, -0.2) is 8.42 Å². The van der Waals surface area contributed by atoms with Crippen molar-refractivity contribution in [2.24, 2.45) is 7.05 Å². The minimum absolute atomic E-state index is 0.177. The number of benzene rings is 2. The van der Waals surface area contributed by atoms with Gasteiger partial charge in [0.15, 0.2) is 0 Å². The van der Waals surface area contributed by atoms with Crippen molar-refractivity contribution >= 4 is 15.9 Å². The van der Waals surface area contributed by atoms with Crippen molar-refractivity contribution in [1.29, 1.82) is 0 Å². The molecule has 2 aliphatic rings. The van der Waals surface area contributed by atoms with Gasteiger partial charge in [0.2, 0.25) is 10.0 Å². The van der Waals surface area contributed by atoms with Crippen molar-refractivity contribution in [3.8, 4) is 16.9 Å². The molecule has 2 aromatic carbocycles. The zero-order chi connectivity index (χ0) is 21.8. The minimum Gasteiger partial charge on any atom is -0.486 e. The third kappa shape index (κ3) is 3.30. The molecule has 0 aliphatic carbocycles. The van der Waals surface area contributed by atoms with Crippen LogP contribution in [0.2, 0.25) is 0 Å². The molecule has 0 saturated carbocycles. The lowest BCUT2D eigenvalue weighted by Crippen LogP contribution is -2.44. The van der Waals surface area contributed by atoms with Crippen molar-refractivity contribution in [2.45, 2.75) is 17.0 Å². The van der Waals surface area contributed by atoms with Crippen LogP contribution in [0.15, 0.2) is 65.8 Å². The molecule has 9 heteroatoms. The molecule has 5 rings (SSSR count). The number of aryl methyl sites for hydroxylation is 1. The van der Waals surface area contributed by atoms with E-state index in [0.29, 0.717) is 11.3 Å². The fraction of sp³-hybridized carbons (Fsp3) is 0.273. The SMILES string of the molecule is CN1C(=O)c2ccc(-c3cnn(C)c3)cc2OC2CN(S(=O)(=O)c3ccccc3)CC21. The first kappa shape index (κ1) is 19.8. The van der Waals surface area contributed by atoms with Crippen LogP contribution in [0.1, 0.15) is 10.4 Å². The van der Waals surface area contributed by atoms with Gasteiger partial charge in [-0.2, -0.15) is 9.40 Å². The van der Waals surface area contributed by atoms with Crippen LogP contribution in [-0.2, 0) is 17.1 Å². The molecular formula is C22H22N4O4S. The van der Waals surface area contributed by atoms with Crippen molar-refractivity contribution < 1.29 is 17.9 Å². The first-order valence-electron chi connectivity index (χ1n) is 9.96. The topological polar surface area (TPSA) is 84.7 Å².